The van der Waals surface area contributed by atoms with E-state index in [4.69, 9.17) is 10.2 Å². The quantitative estimate of drug-likeness (QED) is 0.501. The van der Waals surface area contributed by atoms with Gasteiger partial charge in [-0.15, -0.1) is 0 Å². The van der Waals surface area contributed by atoms with Crippen molar-refractivity contribution in [1.82, 2.24) is 5.32 Å². The molecule has 1 amide bonds. The lowest BCUT2D eigenvalue weighted by molar-refractivity contribution is -0.155. The van der Waals surface area contributed by atoms with Gasteiger partial charge in [0.15, 0.2) is 0 Å². The summed E-state index contributed by atoms with van der Waals surface area (Å²) in [6.07, 6.45) is 0. The summed E-state index contributed by atoms with van der Waals surface area (Å²) in [4.78, 5) is 42.8. The molecule has 0 radical (unpaired) electrons. The molecule has 2 atom stereocenters. The topological polar surface area (TPSA) is 121 Å². The number of aliphatic carboxylic acids is 2. The van der Waals surface area contributed by atoms with Crippen LogP contribution in [0.1, 0.15) is 13.8 Å². The Balaban J connectivity index is 5.01. The third kappa shape index (κ3) is 3.75. The molecule has 1 unspecified atom stereocenters. The summed E-state index contributed by atoms with van der Waals surface area (Å²) >= 11 is 0. The molecule has 0 aliphatic heterocycles. The zero-order chi connectivity index (χ0) is 12.2. The van der Waals surface area contributed by atoms with Crippen LogP contribution in [0.25, 0.3) is 0 Å². The zero-order valence-electron chi connectivity index (χ0n) is 8.18. The molecule has 0 fully saturated rings. The minimum absolute atomic E-state index is 0.713. The van der Waals surface area contributed by atoms with Crippen LogP contribution in [0.4, 0.5) is 0 Å². The van der Waals surface area contributed by atoms with Gasteiger partial charge in [-0.2, -0.15) is 0 Å². The molecule has 0 spiro atoms. The highest BCUT2D eigenvalue weighted by molar-refractivity contribution is 6.02. The number of carbonyl (C=O) groups is 4. The van der Waals surface area contributed by atoms with Crippen LogP contribution in [0.2, 0.25) is 0 Å². The van der Waals surface area contributed by atoms with Crippen molar-refractivity contribution < 1.29 is 29.4 Å². The fraction of sp³-hybridized carbons (Fsp3) is 0.500. The summed E-state index contributed by atoms with van der Waals surface area (Å²) in [5.41, 5.74) is 0. The number of hydrogen-bond acceptors (Lipinski definition) is 4. The summed E-state index contributed by atoms with van der Waals surface area (Å²) in [6, 6.07) is -1.74. The molecule has 3 N–H and O–H groups in total. The second kappa shape index (κ2) is 5.08. The SMILES string of the molecule is CC(=O)N[C@H](C(=O)O)C(C(C)=O)C(=O)O. The standard InChI is InChI=1S/C8H11NO6/c1-3(10)5(7(12)13)6(8(14)15)9-4(2)11/h5-6H,1-2H3,(H,9,11)(H,12,13)(H,14,15)/t5?,6-/m0/s1. The van der Waals surface area contributed by atoms with Gasteiger partial charge in [0, 0.05) is 6.92 Å². The van der Waals surface area contributed by atoms with Crippen molar-refractivity contribution >= 4 is 23.6 Å². The fourth-order valence-electron chi connectivity index (χ4n) is 1.06. The molecule has 0 saturated heterocycles. The Hall–Kier alpha value is -1.92. The van der Waals surface area contributed by atoms with Crippen LogP contribution in [-0.4, -0.2) is 39.9 Å². The maximum Gasteiger partial charge on any atom is 0.327 e. The number of carboxylic acids is 2. The van der Waals surface area contributed by atoms with Gasteiger partial charge in [-0.25, -0.2) is 4.79 Å². The van der Waals surface area contributed by atoms with E-state index < -0.39 is 35.6 Å². The van der Waals surface area contributed by atoms with Crippen LogP contribution in [0.15, 0.2) is 0 Å². The first-order valence-electron chi connectivity index (χ1n) is 4.00. The van der Waals surface area contributed by atoms with Crippen molar-refractivity contribution in [2.24, 2.45) is 5.92 Å². The predicted octanol–water partition coefficient (Wildman–Crippen LogP) is -1.13. The summed E-state index contributed by atoms with van der Waals surface area (Å²) in [6.45, 7) is 1.99. The number of rotatable bonds is 5. The Labute approximate surface area is 85.1 Å². The monoisotopic (exact) mass is 217 g/mol. The number of nitrogens with one attached hydrogen (secondary N) is 1. The van der Waals surface area contributed by atoms with E-state index in [1.54, 1.807) is 0 Å². The van der Waals surface area contributed by atoms with Gasteiger partial charge in [0.1, 0.15) is 17.7 Å². The van der Waals surface area contributed by atoms with E-state index in [0.29, 0.717) is 0 Å². The van der Waals surface area contributed by atoms with Crippen molar-refractivity contribution in [2.45, 2.75) is 19.9 Å². The van der Waals surface area contributed by atoms with E-state index in [1.807, 2.05) is 5.32 Å². The van der Waals surface area contributed by atoms with Gasteiger partial charge in [-0.05, 0) is 6.92 Å². The third-order valence-corrected chi connectivity index (χ3v) is 1.66. The molecule has 0 aromatic carbocycles. The van der Waals surface area contributed by atoms with Crippen LogP contribution in [0.5, 0.6) is 0 Å². The summed E-state index contributed by atoms with van der Waals surface area (Å²) in [7, 11) is 0. The Morgan fingerprint density at radius 1 is 1.00 bits per heavy atom. The van der Waals surface area contributed by atoms with E-state index in [0.717, 1.165) is 13.8 Å². The van der Waals surface area contributed by atoms with Crippen molar-refractivity contribution in [2.75, 3.05) is 0 Å². The van der Waals surface area contributed by atoms with Crippen molar-refractivity contribution in [3.63, 3.8) is 0 Å². The molecule has 0 bridgehead atoms. The van der Waals surface area contributed by atoms with Crippen molar-refractivity contribution in [3.8, 4) is 0 Å². The molecule has 15 heavy (non-hydrogen) atoms. The van der Waals surface area contributed by atoms with E-state index >= 15 is 0 Å². The highest BCUT2D eigenvalue weighted by Gasteiger charge is 2.37. The average molecular weight is 217 g/mol. The summed E-state index contributed by atoms with van der Waals surface area (Å²) in [5.74, 6) is -6.46. The largest absolute Gasteiger partial charge is 0.481 e. The van der Waals surface area contributed by atoms with Gasteiger partial charge in [0.2, 0.25) is 5.91 Å². The second-order valence-corrected chi connectivity index (χ2v) is 2.94. The molecule has 7 nitrogen and oxygen atoms in total. The number of carboxylic acid groups (broad SMARTS) is 2. The Bertz CT molecular complexity index is 296. The number of ketones is 1. The number of hydrogen-bond donors (Lipinski definition) is 3. The van der Waals surface area contributed by atoms with Crippen LogP contribution in [0, 0.1) is 5.92 Å². The van der Waals surface area contributed by atoms with Gasteiger partial charge in [0.05, 0.1) is 0 Å². The summed E-state index contributed by atoms with van der Waals surface area (Å²) < 4.78 is 0. The zero-order valence-corrected chi connectivity index (χ0v) is 8.18. The van der Waals surface area contributed by atoms with Gasteiger partial charge in [-0.1, -0.05) is 0 Å². The van der Waals surface area contributed by atoms with Gasteiger partial charge < -0.3 is 15.5 Å². The lowest BCUT2D eigenvalue weighted by atomic mass is 9.96. The predicted molar refractivity (Wildman–Crippen MR) is 47.0 cm³/mol. The number of carbonyl (C=O) groups excluding carboxylic acids is 2. The number of Topliss-reactive ketones (excluding diaryl/α,β-unsaturated/α-hetero) is 1. The van der Waals surface area contributed by atoms with Crippen LogP contribution in [0.3, 0.4) is 0 Å². The van der Waals surface area contributed by atoms with Crippen molar-refractivity contribution in [1.29, 1.82) is 0 Å². The minimum atomic E-state index is -1.77. The third-order valence-electron chi connectivity index (χ3n) is 1.66. The Morgan fingerprint density at radius 2 is 1.47 bits per heavy atom. The van der Waals surface area contributed by atoms with E-state index in [9.17, 15) is 19.2 Å². The molecular weight excluding hydrogens is 206 g/mol. The molecule has 0 aromatic rings. The second-order valence-electron chi connectivity index (χ2n) is 2.94. The smallest absolute Gasteiger partial charge is 0.327 e. The highest BCUT2D eigenvalue weighted by atomic mass is 16.4. The molecule has 84 valence electrons. The highest BCUT2D eigenvalue weighted by Crippen LogP contribution is 2.06. The van der Waals surface area contributed by atoms with E-state index in [-0.39, 0.29) is 0 Å². The Kier molecular flexibility index (Phi) is 4.43. The first-order valence-corrected chi connectivity index (χ1v) is 4.00. The maximum absolute atomic E-state index is 10.9. The molecule has 0 aromatic heterocycles. The van der Waals surface area contributed by atoms with Gasteiger partial charge >= 0.3 is 11.9 Å². The normalized spacial score (nSPS) is 13.7. The average Bonchev–Trinajstić information content (AvgIpc) is 2.00. The van der Waals surface area contributed by atoms with Crippen LogP contribution >= 0.6 is 0 Å². The molecule has 0 heterocycles. The van der Waals surface area contributed by atoms with E-state index in [2.05, 4.69) is 0 Å². The molecule has 0 rings (SSSR count). The van der Waals surface area contributed by atoms with Crippen LogP contribution in [-0.2, 0) is 19.2 Å². The lowest BCUT2D eigenvalue weighted by Gasteiger charge is -2.18. The first kappa shape index (κ1) is 13.1. The minimum Gasteiger partial charge on any atom is -0.481 e. The molecular formula is C8H11NO6. The molecule has 0 aliphatic rings. The maximum atomic E-state index is 10.9. The molecule has 0 saturated carbocycles. The Morgan fingerprint density at radius 3 is 1.67 bits per heavy atom. The van der Waals surface area contributed by atoms with Crippen molar-refractivity contribution in [3.05, 3.63) is 0 Å². The number of amides is 1. The van der Waals surface area contributed by atoms with Crippen LogP contribution < -0.4 is 5.32 Å². The first-order chi connectivity index (χ1) is 6.77. The molecule has 7 heteroatoms. The fourth-order valence-corrected chi connectivity index (χ4v) is 1.06. The van der Waals surface area contributed by atoms with E-state index in [1.165, 1.54) is 0 Å². The lowest BCUT2D eigenvalue weighted by Crippen LogP contribution is -2.50. The summed E-state index contributed by atoms with van der Waals surface area (Å²) in [5, 5.41) is 19.2. The molecule has 0 aliphatic carbocycles. The van der Waals surface area contributed by atoms with Gasteiger partial charge in [0.25, 0.3) is 0 Å². The van der Waals surface area contributed by atoms with Gasteiger partial charge in [-0.3, -0.25) is 14.4 Å².